The molecule has 0 unspecified atom stereocenters. The number of carbonyl (C=O) groups excluding carboxylic acids is 1. The van der Waals surface area contributed by atoms with Gasteiger partial charge in [-0.2, -0.15) is 0 Å². The van der Waals surface area contributed by atoms with E-state index in [1.807, 2.05) is 6.92 Å². The molecule has 1 aliphatic heterocycles. The lowest BCUT2D eigenvalue weighted by Gasteiger charge is -2.23. The summed E-state index contributed by atoms with van der Waals surface area (Å²) in [6, 6.07) is 13.5. The number of halogens is 1. The second-order valence-electron chi connectivity index (χ2n) is 7.03. The summed E-state index contributed by atoms with van der Waals surface area (Å²) < 4.78 is 33.4. The molecule has 3 aromatic rings. The summed E-state index contributed by atoms with van der Waals surface area (Å²) in [6.07, 6.45) is 1.34. The average Bonchev–Trinajstić information content (AvgIpc) is 3.28. The smallest absolute Gasteiger partial charge is 0.271 e. The van der Waals surface area contributed by atoms with Gasteiger partial charge in [-0.3, -0.25) is 19.8 Å². The van der Waals surface area contributed by atoms with Gasteiger partial charge in [-0.25, -0.2) is 8.42 Å². The van der Waals surface area contributed by atoms with Crippen LogP contribution in [0.1, 0.15) is 22.7 Å². The second kappa shape index (κ2) is 9.08. The molecule has 2 aromatic carbocycles. The maximum Gasteiger partial charge on any atom is 0.271 e. The number of nitrogens with zero attached hydrogens (tertiary/aromatic N) is 2. The summed E-state index contributed by atoms with van der Waals surface area (Å²) in [5, 5.41) is 11.6. The van der Waals surface area contributed by atoms with E-state index in [2.05, 4.69) is 15.9 Å². The summed E-state index contributed by atoms with van der Waals surface area (Å²) in [7, 11) is -4.20. The number of benzene rings is 2. The quantitative estimate of drug-likeness (QED) is 0.234. The zero-order valence-corrected chi connectivity index (χ0v) is 20.4. The SMILES string of the molecule is CCOc1ccc(N2C(=O)/C(=C\c3cc(Br)cs3)S(=O)(=O)[C@H]2c2cccc([N+](=O)[O-])c2)cc1. The number of nitro benzene ring substituents is 1. The van der Waals surface area contributed by atoms with Crippen molar-refractivity contribution in [1.82, 2.24) is 0 Å². The molecule has 0 spiro atoms. The van der Waals surface area contributed by atoms with Crippen molar-refractivity contribution in [2.45, 2.75) is 12.3 Å². The third-order valence-corrected chi connectivity index (χ3v) is 8.53. The van der Waals surface area contributed by atoms with E-state index in [0.29, 0.717) is 22.9 Å². The van der Waals surface area contributed by atoms with Gasteiger partial charge in [0.2, 0.25) is 9.84 Å². The second-order valence-corrected chi connectivity index (χ2v) is 10.9. The predicted octanol–water partition coefficient (Wildman–Crippen LogP) is 5.32. The molecular weight excluding hydrogens is 532 g/mol. The van der Waals surface area contributed by atoms with Gasteiger partial charge in [-0.1, -0.05) is 12.1 Å². The first kappa shape index (κ1) is 23.1. The Kier molecular flexibility index (Phi) is 6.37. The number of thiophene rings is 1. The number of amides is 1. The fraction of sp³-hybridized carbons (Fsp3) is 0.136. The van der Waals surface area contributed by atoms with Crippen LogP contribution in [0.5, 0.6) is 5.75 Å². The maximum atomic E-state index is 13.6. The van der Waals surface area contributed by atoms with Crippen molar-refractivity contribution in [1.29, 1.82) is 0 Å². The van der Waals surface area contributed by atoms with Crippen molar-refractivity contribution in [3.63, 3.8) is 0 Å². The highest BCUT2D eigenvalue weighted by Gasteiger charge is 2.50. The van der Waals surface area contributed by atoms with E-state index < -0.39 is 26.0 Å². The van der Waals surface area contributed by atoms with Crippen LogP contribution in [0.4, 0.5) is 11.4 Å². The Balaban J connectivity index is 1.89. The minimum Gasteiger partial charge on any atom is -0.494 e. The fourth-order valence-corrected chi connectivity index (χ4v) is 6.85. The zero-order chi connectivity index (χ0) is 23.8. The van der Waals surface area contributed by atoms with Crippen LogP contribution < -0.4 is 9.64 Å². The molecule has 2 heterocycles. The first-order valence-corrected chi connectivity index (χ1v) is 12.9. The summed E-state index contributed by atoms with van der Waals surface area (Å²) in [5.41, 5.74) is 0.197. The molecule has 0 saturated carbocycles. The van der Waals surface area contributed by atoms with Crippen LogP contribution in [0, 0.1) is 10.1 Å². The van der Waals surface area contributed by atoms with Crippen LogP contribution in [-0.2, 0) is 14.6 Å². The Morgan fingerprint density at radius 1 is 1.21 bits per heavy atom. The summed E-state index contributed by atoms with van der Waals surface area (Å²) in [6.45, 7) is 2.29. The predicted molar refractivity (Wildman–Crippen MR) is 130 cm³/mol. The molecule has 0 aliphatic carbocycles. The van der Waals surface area contributed by atoms with Gasteiger partial charge in [-0.05, 0) is 64.8 Å². The number of rotatable bonds is 6. The van der Waals surface area contributed by atoms with Crippen molar-refractivity contribution in [3.05, 3.63) is 89.9 Å². The van der Waals surface area contributed by atoms with Gasteiger partial charge in [0, 0.05) is 32.6 Å². The van der Waals surface area contributed by atoms with E-state index in [1.54, 1.807) is 35.7 Å². The van der Waals surface area contributed by atoms with Gasteiger partial charge < -0.3 is 4.74 Å². The van der Waals surface area contributed by atoms with Crippen molar-refractivity contribution in [2.24, 2.45) is 0 Å². The number of nitro groups is 1. The van der Waals surface area contributed by atoms with Gasteiger partial charge in [0.15, 0.2) is 5.37 Å². The van der Waals surface area contributed by atoms with E-state index in [4.69, 9.17) is 4.74 Å². The number of anilines is 1. The van der Waals surface area contributed by atoms with E-state index >= 15 is 0 Å². The molecule has 8 nitrogen and oxygen atoms in total. The highest BCUT2D eigenvalue weighted by Crippen LogP contribution is 2.44. The molecule has 1 amide bonds. The van der Waals surface area contributed by atoms with Crippen LogP contribution in [0.2, 0.25) is 0 Å². The molecule has 1 fully saturated rings. The number of hydrogen-bond acceptors (Lipinski definition) is 7. The summed E-state index contributed by atoms with van der Waals surface area (Å²) in [5.74, 6) is -0.137. The maximum absolute atomic E-state index is 13.6. The lowest BCUT2D eigenvalue weighted by Crippen LogP contribution is -2.29. The number of sulfone groups is 1. The molecule has 0 radical (unpaired) electrons. The Hall–Kier alpha value is -3.02. The molecule has 1 atom stereocenters. The number of hydrogen-bond donors (Lipinski definition) is 0. The van der Waals surface area contributed by atoms with E-state index in [1.165, 1.54) is 41.7 Å². The van der Waals surface area contributed by atoms with Crippen LogP contribution in [0.25, 0.3) is 6.08 Å². The van der Waals surface area contributed by atoms with Gasteiger partial charge in [0.25, 0.3) is 11.6 Å². The van der Waals surface area contributed by atoms with Crippen molar-refractivity contribution in [3.8, 4) is 5.75 Å². The topological polar surface area (TPSA) is 107 Å². The largest absolute Gasteiger partial charge is 0.494 e. The van der Waals surface area contributed by atoms with E-state index in [9.17, 15) is 23.3 Å². The van der Waals surface area contributed by atoms with Gasteiger partial charge in [0.05, 0.1) is 11.5 Å². The molecular formula is C22H17BrN2O6S2. The lowest BCUT2D eigenvalue weighted by molar-refractivity contribution is -0.384. The average molecular weight is 549 g/mol. The van der Waals surface area contributed by atoms with Crippen LogP contribution >= 0.6 is 27.3 Å². The van der Waals surface area contributed by atoms with Crippen molar-refractivity contribution >= 4 is 60.5 Å². The number of non-ortho nitro benzene ring substituents is 1. The zero-order valence-electron chi connectivity index (χ0n) is 17.2. The highest BCUT2D eigenvalue weighted by molar-refractivity contribution is 9.10. The first-order valence-electron chi connectivity index (χ1n) is 9.72. The van der Waals surface area contributed by atoms with Gasteiger partial charge in [0.1, 0.15) is 10.7 Å². The Morgan fingerprint density at radius 3 is 2.55 bits per heavy atom. The summed E-state index contributed by atoms with van der Waals surface area (Å²) >= 11 is 4.61. The molecule has 1 saturated heterocycles. The van der Waals surface area contributed by atoms with Crippen molar-refractivity contribution in [2.75, 3.05) is 11.5 Å². The Labute approximate surface area is 202 Å². The first-order chi connectivity index (χ1) is 15.7. The van der Waals surface area contributed by atoms with Crippen LogP contribution in [0.15, 0.2) is 69.4 Å². The van der Waals surface area contributed by atoms with E-state index in [0.717, 1.165) is 9.37 Å². The van der Waals surface area contributed by atoms with E-state index in [-0.39, 0.29) is 16.2 Å². The molecule has 4 rings (SSSR count). The van der Waals surface area contributed by atoms with Crippen LogP contribution in [0.3, 0.4) is 0 Å². The number of ether oxygens (including phenoxy) is 1. The third kappa shape index (κ3) is 4.43. The van der Waals surface area contributed by atoms with Gasteiger partial charge in [-0.15, -0.1) is 11.3 Å². The highest BCUT2D eigenvalue weighted by atomic mass is 79.9. The van der Waals surface area contributed by atoms with Crippen molar-refractivity contribution < 1.29 is 22.9 Å². The standard InChI is InChI=1S/C22H17BrN2O6S2/c1-2-31-18-8-6-16(7-9-18)24-21(26)20(12-19-11-15(23)13-32-19)33(29,30)22(24)14-4-3-5-17(10-14)25(27)28/h3-13,22H,2H2,1H3/b20-12+/t22-/m0/s1. The number of carbonyl (C=O) groups is 1. The Bertz CT molecular complexity index is 1370. The monoisotopic (exact) mass is 548 g/mol. The molecule has 1 aromatic heterocycles. The molecule has 33 heavy (non-hydrogen) atoms. The molecule has 170 valence electrons. The summed E-state index contributed by atoms with van der Waals surface area (Å²) in [4.78, 5) is 25.5. The lowest BCUT2D eigenvalue weighted by atomic mass is 10.1. The minimum absolute atomic E-state index is 0.127. The molecule has 0 N–H and O–H groups in total. The Morgan fingerprint density at radius 2 is 1.94 bits per heavy atom. The molecule has 0 bridgehead atoms. The van der Waals surface area contributed by atoms with Gasteiger partial charge >= 0.3 is 0 Å². The molecule has 1 aliphatic rings. The third-order valence-electron chi connectivity index (χ3n) is 4.92. The molecule has 11 heteroatoms. The fourth-order valence-electron chi connectivity index (χ4n) is 3.53. The normalized spacial score (nSPS) is 18.6. The van der Waals surface area contributed by atoms with Crippen LogP contribution in [-0.4, -0.2) is 25.9 Å². The minimum atomic E-state index is -4.20.